The Labute approximate surface area is 175 Å². The molecule has 0 aliphatic rings. The van der Waals surface area contributed by atoms with E-state index < -0.39 is 0 Å². The third-order valence-corrected chi connectivity index (χ3v) is 4.80. The molecule has 1 aromatic heterocycles. The van der Waals surface area contributed by atoms with Crippen molar-refractivity contribution in [2.45, 2.75) is 6.42 Å². The van der Waals surface area contributed by atoms with Gasteiger partial charge < -0.3 is 14.5 Å². The SMILES string of the molecule is COc1cccc(-c2cnc(-c3ccccc3C(=O)NCCc3ccccc3)o2)c1. The third kappa shape index (κ3) is 4.41. The summed E-state index contributed by atoms with van der Waals surface area (Å²) in [5, 5.41) is 2.99. The quantitative estimate of drug-likeness (QED) is 0.476. The van der Waals surface area contributed by atoms with Gasteiger partial charge in [0.05, 0.1) is 18.9 Å². The minimum atomic E-state index is -0.150. The van der Waals surface area contributed by atoms with Crippen LogP contribution in [0.15, 0.2) is 89.5 Å². The first kappa shape index (κ1) is 19.5. The van der Waals surface area contributed by atoms with Crippen molar-refractivity contribution >= 4 is 5.91 Å². The standard InChI is InChI=1S/C25H22N2O3/c1-29-20-11-7-10-19(16-20)23-17-27-25(30-23)22-13-6-5-12-21(22)24(28)26-15-14-18-8-3-2-4-9-18/h2-13,16-17H,14-15H2,1H3,(H,26,28). The molecule has 0 aliphatic carbocycles. The summed E-state index contributed by atoms with van der Waals surface area (Å²) in [5.74, 6) is 1.61. The zero-order chi connectivity index (χ0) is 20.8. The van der Waals surface area contributed by atoms with E-state index in [-0.39, 0.29) is 5.91 Å². The molecule has 3 aromatic carbocycles. The third-order valence-electron chi connectivity index (χ3n) is 4.80. The second kappa shape index (κ2) is 9.09. The fourth-order valence-corrected chi connectivity index (χ4v) is 3.24. The van der Waals surface area contributed by atoms with E-state index >= 15 is 0 Å². The minimum Gasteiger partial charge on any atom is -0.497 e. The highest BCUT2D eigenvalue weighted by molar-refractivity contribution is 6.00. The van der Waals surface area contributed by atoms with Gasteiger partial charge in [0.15, 0.2) is 5.76 Å². The molecule has 0 radical (unpaired) electrons. The first-order chi connectivity index (χ1) is 14.7. The molecule has 150 valence electrons. The number of methoxy groups -OCH3 is 1. The second-order valence-corrected chi connectivity index (χ2v) is 6.80. The van der Waals surface area contributed by atoms with Crippen LogP contribution in [0.25, 0.3) is 22.8 Å². The van der Waals surface area contributed by atoms with Crippen molar-refractivity contribution in [3.8, 4) is 28.5 Å². The van der Waals surface area contributed by atoms with Crippen molar-refractivity contribution in [2.24, 2.45) is 0 Å². The average molecular weight is 398 g/mol. The molecule has 30 heavy (non-hydrogen) atoms. The maximum absolute atomic E-state index is 12.8. The van der Waals surface area contributed by atoms with Gasteiger partial charge in [0.1, 0.15) is 5.75 Å². The molecule has 1 amide bonds. The fourth-order valence-electron chi connectivity index (χ4n) is 3.24. The molecule has 0 spiro atoms. The minimum absolute atomic E-state index is 0.150. The first-order valence-corrected chi connectivity index (χ1v) is 9.76. The van der Waals surface area contributed by atoms with E-state index in [1.807, 2.05) is 72.8 Å². The highest BCUT2D eigenvalue weighted by Gasteiger charge is 2.17. The lowest BCUT2D eigenvalue weighted by Crippen LogP contribution is -2.26. The summed E-state index contributed by atoms with van der Waals surface area (Å²) in [5.41, 5.74) is 3.23. The lowest BCUT2D eigenvalue weighted by Gasteiger charge is -2.08. The molecule has 4 aromatic rings. The maximum Gasteiger partial charge on any atom is 0.252 e. The van der Waals surface area contributed by atoms with Gasteiger partial charge in [0.2, 0.25) is 5.89 Å². The number of nitrogens with zero attached hydrogens (tertiary/aromatic N) is 1. The molecule has 0 aliphatic heterocycles. The lowest BCUT2D eigenvalue weighted by atomic mass is 10.1. The Morgan fingerprint density at radius 2 is 1.80 bits per heavy atom. The Morgan fingerprint density at radius 1 is 1.00 bits per heavy atom. The average Bonchev–Trinajstić information content (AvgIpc) is 3.30. The summed E-state index contributed by atoms with van der Waals surface area (Å²) in [7, 11) is 1.62. The molecule has 0 fully saturated rings. The molecule has 5 nitrogen and oxygen atoms in total. The van der Waals surface area contributed by atoms with Gasteiger partial charge in [-0.15, -0.1) is 0 Å². The van der Waals surface area contributed by atoms with Crippen LogP contribution in [0.3, 0.4) is 0 Å². The highest BCUT2D eigenvalue weighted by atomic mass is 16.5. The van der Waals surface area contributed by atoms with Crippen LogP contribution < -0.4 is 10.1 Å². The van der Waals surface area contributed by atoms with E-state index in [0.29, 0.717) is 29.3 Å². The summed E-state index contributed by atoms with van der Waals surface area (Å²) in [6, 6.07) is 25.0. The van der Waals surface area contributed by atoms with E-state index in [0.717, 1.165) is 17.7 Å². The summed E-state index contributed by atoms with van der Waals surface area (Å²) in [6.45, 7) is 0.553. The van der Waals surface area contributed by atoms with Crippen molar-refractivity contribution in [1.82, 2.24) is 10.3 Å². The molecular formula is C25H22N2O3. The molecule has 0 atom stereocenters. The van der Waals surface area contributed by atoms with E-state index in [9.17, 15) is 4.79 Å². The van der Waals surface area contributed by atoms with Gasteiger partial charge in [0.25, 0.3) is 5.91 Å². The van der Waals surface area contributed by atoms with Crippen molar-refractivity contribution in [3.63, 3.8) is 0 Å². The number of carbonyl (C=O) groups excluding carboxylic acids is 1. The van der Waals surface area contributed by atoms with Crippen molar-refractivity contribution < 1.29 is 13.9 Å². The van der Waals surface area contributed by atoms with Crippen molar-refractivity contribution in [1.29, 1.82) is 0 Å². The smallest absolute Gasteiger partial charge is 0.252 e. The number of nitrogens with one attached hydrogen (secondary N) is 1. The number of oxazole rings is 1. The van der Waals surface area contributed by atoms with E-state index in [1.54, 1.807) is 19.4 Å². The second-order valence-electron chi connectivity index (χ2n) is 6.80. The van der Waals surface area contributed by atoms with Gasteiger partial charge in [-0.3, -0.25) is 4.79 Å². The van der Waals surface area contributed by atoms with Gasteiger partial charge in [-0.05, 0) is 36.2 Å². The first-order valence-electron chi connectivity index (χ1n) is 9.76. The molecule has 5 heteroatoms. The largest absolute Gasteiger partial charge is 0.497 e. The molecule has 1 N–H and O–H groups in total. The predicted octanol–water partition coefficient (Wildman–Crippen LogP) is 4.99. The molecule has 4 rings (SSSR count). The number of rotatable bonds is 7. The molecule has 0 unspecified atom stereocenters. The lowest BCUT2D eigenvalue weighted by molar-refractivity contribution is 0.0954. The number of hydrogen-bond acceptors (Lipinski definition) is 4. The van der Waals surface area contributed by atoms with Crippen molar-refractivity contribution in [2.75, 3.05) is 13.7 Å². The number of amides is 1. The Bertz CT molecular complexity index is 1140. The molecular weight excluding hydrogens is 376 g/mol. The van der Waals surface area contributed by atoms with Crippen LogP contribution in [-0.4, -0.2) is 24.5 Å². The number of ether oxygens (including phenoxy) is 1. The summed E-state index contributed by atoms with van der Waals surface area (Å²) in [4.78, 5) is 17.2. The van der Waals surface area contributed by atoms with Gasteiger partial charge in [-0.25, -0.2) is 4.98 Å². The number of carbonyl (C=O) groups is 1. The van der Waals surface area contributed by atoms with Crippen molar-refractivity contribution in [3.05, 3.63) is 96.2 Å². The van der Waals surface area contributed by atoms with Gasteiger partial charge in [0, 0.05) is 17.7 Å². The van der Waals surface area contributed by atoms with Crippen LogP contribution in [0, 0.1) is 0 Å². The van der Waals surface area contributed by atoms with Crippen LogP contribution in [0.2, 0.25) is 0 Å². The Balaban J connectivity index is 1.52. The predicted molar refractivity (Wildman–Crippen MR) is 116 cm³/mol. The van der Waals surface area contributed by atoms with Crippen LogP contribution >= 0.6 is 0 Å². The highest BCUT2D eigenvalue weighted by Crippen LogP contribution is 2.29. The van der Waals surface area contributed by atoms with Crippen LogP contribution in [0.5, 0.6) is 5.75 Å². The maximum atomic E-state index is 12.8. The monoisotopic (exact) mass is 398 g/mol. The fraction of sp³-hybridized carbons (Fsp3) is 0.120. The van der Waals surface area contributed by atoms with Crippen LogP contribution in [0.4, 0.5) is 0 Å². The van der Waals surface area contributed by atoms with Gasteiger partial charge in [-0.1, -0.05) is 54.6 Å². The number of benzene rings is 3. The summed E-state index contributed by atoms with van der Waals surface area (Å²) in [6.07, 6.45) is 2.43. The number of aromatic nitrogens is 1. The van der Waals surface area contributed by atoms with E-state index in [2.05, 4.69) is 10.3 Å². The normalized spacial score (nSPS) is 10.6. The number of hydrogen-bond donors (Lipinski definition) is 1. The molecule has 1 heterocycles. The van der Waals surface area contributed by atoms with Gasteiger partial charge in [-0.2, -0.15) is 0 Å². The summed E-state index contributed by atoms with van der Waals surface area (Å²) >= 11 is 0. The summed E-state index contributed by atoms with van der Waals surface area (Å²) < 4.78 is 11.2. The zero-order valence-electron chi connectivity index (χ0n) is 16.7. The zero-order valence-corrected chi connectivity index (χ0v) is 16.7. The molecule has 0 saturated heterocycles. The Kier molecular flexibility index (Phi) is 5.90. The Hall–Kier alpha value is -3.86. The van der Waals surface area contributed by atoms with Gasteiger partial charge >= 0.3 is 0 Å². The molecule has 0 saturated carbocycles. The Morgan fingerprint density at radius 3 is 2.63 bits per heavy atom. The topological polar surface area (TPSA) is 64.4 Å². The van der Waals surface area contributed by atoms with E-state index in [4.69, 9.17) is 9.15 Å². The molecule has 0 bridgehead atoms. The van der Waals surface area contributed by atoms with E-state index in [1.165, 1.54) is 5.56 Å². The van der Waals surface area contributed by atoms with Crippen LogP contribution in [0.1, 0.15) is 15.9 Å². The van der Waals surface area contributed by atoms with Crippen LogP contribution in [-0.2, 0) is 6.42 Å².